The van der Waals surface area contributed by atoms with Crippen LogP contribution in [0.25, 0.3) is 17.0 Å². The molecule has 0 radical (unpaired) electrons. The van der Waals surface area contributed by atoms with Gasteiger partial charge in [0.2, 0.25) is 0 Å². The second-order valence-corrected chi connectivity index (χ2v) is 11.2. The molecule has 1 aliphatic carbocycles. The molecule has 214 valence electrons. The largest absolute Gasteiger partial charge is 0.494 e. The molecule has 5 heteroatoms. The van der Waals surface area contributed by atoms with Crippen molar-refractivity contribution in [2.24, 2.45) is 10.7 Å². The Morgan fingerprint density at radius 3 is 2.73 bits per heavy atom. The van der Waals surface area contributed by atoms with Crippen LogP contribution >= 0.6 is 0 Å². The summed E-state index contributed by atoms with van der Waals surface area (Å²) in [7, 11) is 0. The fourth-order valence-corrected chi connectivity index (χ4v) is 6.09. The van der Waals surface area contributed by atoms with Crippen molar-refractivity contribution in [3.8, 4) is 5.75 Å². The van der Waals surface area contributed by atoms with Gasteiger partial charge in [-0.05, 0) is 124 Å². The normalized spacial score (nSPS) is 15.0. The van der Waals surface area contributed by atoms with Crippen molar-refractivity contribution >= 4 is 28.6 Å². The molecule has 5 rings (SSSR count). The van der Waals surface area contributed by atoms with Gasteiger partial charge in [-0.1, -0.05) is 48.4 Å². The van der Waals surface area contributed by atoms with Crippen molar-refractivity contribution in [3.63, 3.8) is 0 Å². The van der Waals surface area contributed by atoms with Crippen LogP contribution in [-0.2, 0) is 24.1 Å². The second kappa shape index (κ2) is 14.2. The number of aliphatic imine (C=N–C) groups is 1. The monoisotopic (exact) mass is 549 g/mol. The van der Waals surface area contributed by atoms with E-state index in [1.807, 2.05) is 19.1 Å². The first-order chi connectivity index (χ1) is 20.1. The molecule has 0 fully saturated rings. The quantitative estimate of drug-likeness (QED) is 0.211. The molecule has 0 saturated heterocycles. The molecule has 0 saturated carbocycles. The topological polar surface area (TPSA) is 80.5 Å². The standard InChI is InChI=1S/C36H43N3O2/c1-2-41-31-21-22-34-33(24-31)29(25-38-34)14-4-3-5-18-30-19-9-12-26(23-35(39-30)36(37)40)11-8-15-28-17-10-16-27-13-6-7-20-32(27)28/h7,10,16-17,19-25,38H,2-6,8-9,11-15,18H2,1H3,(H2,37,40). The lowest BCUT2D eigenvalue weighted by molar-refractivity contribution is -0.111. The maximum Gasteiger partial charge on any atom is 0.267 e. The lowest BCUT2D eigenvalue weighted by atomic mass is 9.90. The van der Waals surface area contributed by atoms with E-state index in [9.17, 15) is 4.79 Å². The maximum atomic E-state index is 12.2. The average Bonchev–Trinajstić information content (AvgIpc) is 3.37. The summed E-state index contributed by atoms with van der Waals surface area (Å²) in [6.45, 7) is 2.68. The Morgan fingerprint density at radius 2 is 1.85 bits per heavy atom. The highest BCUT2D eigenvalue weighted by Gasteiger charge is 2.13. The fraction of sp³-hybridized carbons (Fsp3) is 0.389. The lowest BCUT2D eigenvalue weighted by Gasteiger charge is -2.16. The Balaban J connectivity index is 1.12. The first-order valence-electron chi connectivity index (χ1n) is 15.4. The van der Waals surface area contributed by atoms with Crippen LogP contribution in [0.2, 0.25) is 0 Å². The summed E-state index contributed by atoms with van der Waals surface area (Å²) in [5, 5.41) is 1.25. The van der Waals surface area contributed by atoms with Crippen LogP contribution in [0.4, 0.5) is 0 Å². The number of nitrogens with zero attached hydrogens (tertiary/aromatic N) is 1. The second-order valence-electron chi connectivity index (χ2n) is 11.2. The molecule has 0 atom stereocenters. The number of unbranched alkanes of at least 4 members (excludes halogenated alkanes) is 2. The van der Waals surface area contributed by atoms with Gasteiger partial charge in [0, 0.05) is 22.8 Å². The molecule has 5 nitrogen and oxygen atoms in total. The van der Waals surface area contributed by atoms with E-state index in [0.717, 1.165) is 94.0 Å². The van der Waals surface area contributed by atoms with E-state index in [1.54, 1.807) is 0 Å². The van der Waals surface area contributed by atoms with Crippen LogP contribution in [0.15, 0.2) is 77.1 Å². The van der Waals surface area contributed by atoms with Crippen molar-refractivity contribution in [1.29, 1.82) is 0 Å². The predicted octanol–water partition coefficient (Wildman–Crippen LogP) is 8.18. The molecular weight excluding hydrogens is 506 g/mol. The van der Waals surface area contributed by atoms with E-state index in [0.29, 0.717) is 12.3 Å². The Hall–Kier alpha value is -3.86. The number of amides is 1. The summed E-state index contributed by atoms with van der Waals surface area (Å²) in [6.07, 6.45) is 23.3. The van der Waals surface area contributed by atoms with Gasteiger partial charge in [-0.3, -0.25) is 4.79 Å². The zero-order valence-electron chi connectivity index (χ0n) is 24.4. The van der Waals surface area contributed by atoms with Crippen LogP contribution < -0.4 is 10.5 Å². The van der Waals surface area contributed by atoms with Crippen LogP contribution in [0.1, 0.15) is 87.0 Å². The lowest BCUT2D eigenvalue weighted by Crippen LogP contribution is -2.22. The average molecular weight is 550 g/mol. The summed E-state index contributed by atoms with van der Waals surface area (Å²) < 4.78 is 5.68. The molecule has 2 aliphatic rings. The van der Waals surface area contributed by atoms with E-state index >= 15 is 0 Å². The number of ether oxygens (including phenoxy) is 1. The van der Waals surface area contributed by atoms with Gasteiger partial charge in [0.25, 0.3) is 5.91 Å². The van der Waals surface area contributed by atoms with Crippen molar-refractivity contribution < 1.29 is 9.53 Å². The third-order valence-corrected chi connectivity index (χ3v) is 8.23. The molecule has 0 unspecified atom stereocenters. The summed E-state index contributed by atoms with van der Waals surface area (Å²) in [5.41, 5.74) is 15.2. The number of carbonyl (C=O) groups is 1. The molecule has 3 N–H and O–H groups in total. The summed E-state index contributed by atoms with van der Waals surface area (Å²) in [4.78, 5) is 20.4. The molecule has 2 aromatic carbocycles. The van der Waals surface area contributed by atoms with Crippen LogP contribution in [0.3, 0.4) is 0 Å². The fourth-order valence-electron chi connectivity index (χ4n) is 6.09. The Kier molecular flexibility index (Phi) is 9.90. The Morgan fingerprint density at radius 1 is 0.976 bits per heavy atom. The molecule has 2 heterocycles. The van der Waals surface area contributed by atoms with Gasteiger partial charge in [-0.15, -0.1) is 0 Å². The molecule has 41 heavy (non-hydrogen) atoms. The van der Waals surface area contributed by atoms with Gasteiger partial charge in [-0.2, -0.15) is 0 Å². The number of carbonyl (C=O) groups excluding carboxylic acids is 1. The van der Waals surface area contributed by atoms with Gasteiger partial charge in [-0.25, -0.2) is 4.99 Å². The number of nitrogens with one attached hydrogen (secondary N) is 1. The molecule has 1 aliphatic heterocycles. The van der Waals surface area contributed by atoms with Crippen molar-refractivity contribution in [3.05, 3.63) is 94.3 Å². The summed E-state index contributed by atoms with van der Waals surface area (Å²) in [6, 6.07) is 12.9. The SMILES string of the molecule is CCOc1ccc2[nH]cc(CCCCCC3=CCCC(CCCc4cccc5c4C=CCC5)=CC(C(N)=O)=N3)c2c1. The van der Waals surface area contributed by atoms with Gasteiger partial charge >= 0.3 is 0 Å². The van der Waals surface area contributed by atoms with Crippen LogP contribution in [-0.4, -0.2) is 23.2 Å². The number of fused-ring (bicyclic) bond motifs is 2. The highest BCUT2D eigenvalue weighted by Crippen LogP contribution is 2.27. The summed E-state index contributed by atoms with van der Waals surface area (Å²) in [5.74, 6) is 0.480. The smallest absolute Gasteiger partial charge is 0.267 e. The van der Waals surface area contributed by atoms with Gasteiger partial charge in [0.05, 0.1) is 6.61 Å². The first kappa shape index (κ1) is 28.7. The van der Waals surface area contributed by atoms with E-state index < -0.39 is 5.91 Å². The number of hydrogen-bond acceptors (Lipinski definition) is 3. The van der Waals surface area contributed by atoms with Gasteiger partial charge < -0.3 is 15.5 Å². The Bertz CT molecular complexity index is 1490. The number of allylic oxidation sites excluding steroid dienone is 4. The molecule has 0 spiro atoms. The number of rotatable bonds is 13. The Labute approximate surface area is 244 Å². The van der Waals surface area contributed by atoms with Crippen molar-refractivity contribution in [2.75, 3.05) is 6.61 Å². The minimum absolute atomic E-state index is 0.398. The van der Waals surface area contributed by atoms with Crippen LogP contribution in [0.5, 0.6) is 5.75 Å². The number of primary amides is 1. The third kappa shape index (κ3) is 7.66. The highest BCUT2D eigenvalue weighted by atomic mass is 16.5. The molecule has 1 amide bonds. The van der Waals surface area contributed by atoms with E-state index in [1.165, 1.54) is 33.2 Å². The zero-order chi connectivity index (χ0) is 28.4. The van der Waals surface area contributed by atoms with Gasteiger partial charge in [0.1, 0.15) is 11.5 Å². The van der Waals surface area contributed by atoms with Crippen molar-refractivity contribution in [2.45, 2.75) is 84.0 Å². The zero-order valence-corrected chi connectivity index (χ0v) is 24.4. The first-order valence-corrected chi connectivity index (χ1v) is 15.4. The predicted molar refractivity (Wildman–Crippen MR) is 170 cm³/mol. The van der Waals surface area contributed by atoms with Crippen LogP contribution in [0, 0.1) is 0 Å². The number of nitrogens with two attached hydrogens (primary N) is 1. The number of aromatic amines is 1. The minimum atomic E-state index is -0.441. The van der Waals surface area contributed by atoms with E-state index in [-0.39, 0.29) is 0 Å². The highest BCUT2D eigenvalue weighted by molar-refractivity contribution is 6.43. The molecular formula is C36H43N3O2. The molecule has 3 aromatic rings. The number of aromatic nitrogens is 1. The van der Waals surface area contributed by atoms with E-state index in [4.69, 9.17) is 15.5 Å². The third-order valence-electron chi connectivity index (χ3n) is 8.23. The summed E-state index contributed by atoms with van der Waals surface area (Å²) >= 11 is 0. The minimum Gasteiger partial charge on any atom is -0.494 e. The molecule has 0 bridgehead atoms. The number of hydrogen-bond donors (Lipinski definition) is 2. The van der Waals surface area contributed by atoms with E-state index in [2.05, 4.69) is 59.7 Å². The van der Waals surface area contributed by atoms with Crippen molar-refractivity contribution in [1.82, 2.24) is 4.98 Å². The molecule has 1 aromatic heterocycles. The number of benzene rings is 2. The van der Waals surface area contributed by atoms with Gasteiger partial charge in [0.15, 0.2) is 0 Å². The number of aryl methyl sites for hydroxylation is 3. The maximum absolute atomic E-state index is 12.2. The number of H-pyrrole nitrogens is 1.